The third kappa shape index (κ3) is 7.18. The quantitative estimate of drug-likeness (QED) is 0.121. The Hall–Kier alpha value is -4.06. The van der Waals surface area contributed by atoms with E-state index < -0.39 is 86.2 Å². The minimum atomic E-state index is -4.76. The second-order valence-corrected chi connectivity index (χ2v) is 10.2. The van der Waals surface area contributed by atoms with Gasteiger partial charge in [0.1, 0.15) is 40.4 Å². The van der Waals surface area contributed by atoms with Crippen LogP contribution < -0.4 is 4.74 Å². The van der Waals surface area contributed by atoms with Gasteiger partial charge in [0, 0.05) is 18.2 Å². The zero-order valence-electron chi connectivity index (χ0n) is 23.2. The predicted molar refractivity (Wildman–Crippen MR) is 142 cm³/mol. The maximum atomic E-state index is 14.9. The molecule has 2 nitrogen and oxygen atoms in total. The van der Waals surface area contributed by atoms with Crippen LogP contribution in [0.2, 0.25) is 0 Å². The van der Waals surface area contributed by atoms with Gasteiger partial charge in [-0.2, -0.15) is 8.78 Å². The van der Waals surface area contributed by atoms with Crippen LogP contribution in [0.1, 0.15) is 37.8 Å². The van der Waals surface area contributed by atoms with Crippen LogP contribution in [-0.2, 0) is 17.5 Å². The van der Waals surface area contributed by atoms with E-state index in [1.165, 1.54) is 0 Å². The summed E-state index contributed by atoms with van der Waals surface area (Å²) in [5, 5.41) is 0. The molecule has 4 aromatic rings. The summed E-state index contributed by atoms with van der Waals surface area (Å²) >= 11 is 0. The molecule has 0 aliphatic heterocycles. The first-order valence-electron chi connectivity index (χ1n) is 13.3. The Morgan fingerprint density at radius 1 is 0.682 bits per heavy atom. The SMILES string of the molecule is CCCC(C)COCc1cc(F)c(-c2cc(F)c(C(F)(F)Oc3ccc(-c4cc(F)c(F)c(F)c4)c(F)c3)c(F)c2)c(F)c1. The van der Waals surface area contributed by atoms with Gasteiger partial charge < -0.3 is 9.47 Å². The van der Waals surface area contributed by atoms with E-state index in [-0.39, 0.29) is 18.1 Å². The number of benzene rings is 4. The number of ether oxygens (including phenoxy) is 2. The molecule has 0 amide bonds. The summed E-state index contributed by atoms with van der Waals surface area (Å²) in [7, 11) is 0. The average Bonchev–Trinajstić information content (AvgIpc) is 2.90. The zero-order chi connectivity index (χ0) is 32.3. The van der Waals surface area contributed by atoms with E-state index in [0.717, 1.165) is 37.1 Å². The Balaban J connectivity index is 1.57. The lowest BCUT2D eigenvalue weighted by atomic mass is 9.99. The summed E-state index contributed by atoms with van der Waals surface area (Å²) in [5.41, 5.74) is -4.39. The van der Waals surface area contributed by atoms with Crippen molar-refractivity contribution in [2.75, 3.05) is 6.61 Å². The van der Waals surface area contributed by atoms with E-state index >= 15 is 0 Å². The van der Waals surface area contributed by atoms with Crippen molar-refractivity contribution >= 4 is 0 Å². The molecular weight excluding hydrogens is 606 g/mol. The molecule has 0 N–H and O–H groups in total. The predicted octanol–water partition coefficient (Wildman–Crippen LogP) is 10.2. The molecule has 0 fully saturated rings. The summed E-state index contributed by atoms with van der Waals surface area (Å²) in [6.07, 6.45) is -2.93. The van der Waals surface area contributed by atoms with Crippen LogP contribution in [0.15, 0.2) is 54.6 Å². The minimum absolute atomic E-state index is 0.109. The molecule has 0 saturated carbocycles. The third-order valence-electron chi connectivity index (χ3n) is 6.66. The molecule has 0 spiro atoms. The highest BCUT2D eigenvalue weighted by Gasteiger charge is 2.41. The van der Waals surface area contributed by atoms with Gasteiger partial charge >= 0.3 is 6.11 Å². The molecule has 0 radical (unpaired) electrons. The van der Waals surface area contributed by atoms with Crippen LogP contribution >= 0.6 is 0 Å². The van der Waals surface area contributed by atoms with E-state index in [1.807, 2.05) is 13.8 Å². The molecule has 0 heterocycles. The van der Waals surface area contributed by atoms with Gasteiger partial charge in [-0.3, -0.25) is 0 Å². The van der Waals surface area contributed by atoms with Crippen molar-refractivity contribution in [3.05, 3.63) is 112 Å². The summed E-state index contributed by atoms with van der Waals surface area (Å²) in [6, 6.07) is 5.18. The topological polar surface area (TPSA) is 18.5 Å². The highest BCUT2D eigenvalue weighted by Crippen LogP contribution is 2.39. The normalized spacial score (nSPS) is 12.5. The van der Waals surface area contributed by atoms with Gasteiger partial charge in [-0.1, -0.05) is 20.3 Å². The Bertz CT molecular complexity index is 1600. The van der Waals surface area contributed by atoms with Crippen molar-refractivity contribution in [1.82, 2.24) is 0 Å². The minimum Gasteiger partial charge on any atom is -0.429 e. The fourth-order valence-electron chi connectivity index (χ4n) is 4.64. The Kier molecular flexibility index (Phi) is 9.92. The highest BCUT2D eigenvalue weighted by molar-refractivity contribution is 5.67. The van der Waals surface area contributed by atoms with Crippen molar-refractivity contribution < 1.29 is 53.4 Å². The number of hydrogen-bond acceptors (Lipinski definition) is 2. The van der Waals surface area contributed by atoms with E-state index in [1.54, 1.807) is 0 Å². The first kappa shape index (κ1) is 32.8. The van der Waals surface area contributed by atoms with Gasteiger partial charge in [-0.05, 0) is 77.6 Å². The van der Waals surface area contributed by atoms with Crippen molar-refractivity contribution in [1.29, 1.82) is 0 Å². The van der Waals surface area contributed by atoms with Crippen molar-refractivity contribution in [3.8, 4) is 28.0 Å². The molecule has 1 unspecified atom stereocenters. The van der Waals surface area contributed by atoms with Crippen LogP contribution in [0, 0.1) is 52.5 Å². The van der Waals surface area contributed by atoms with Gasteiger partial charge in [0.25, 0.3) is 0 Å². The molecule has 4 aromatic carbocycles. The number of halogens is 10. The van der Waals surface area contributed by atoms with E-state index in [9.17, 15) is 43.9 Å². The Morgan fingerprint density at radius 3 is 1.80 bits per heavy atom. The first-order valence-corrected chi connectivity index (χ1v) is 13.3. The Morgan fingerprint density at radius 2 is 1.25 bits per heavy atom. The van der Waals surface area contributed by atoms with Gasteiger partial charge in [0.15, 0.2) is 17.5 Å². The van der Waals surface area contributed by atoms with Crippen LogP contribution in [0.25, 0.3) is 22.3 Å². The van der Waals surface area contributed by atoms with E-state index in [0.29, 0.717) is 36.9 Å². The van der Waals surface area contributed by atoms with Crippen LogP contribution in [0.3, 0.4) is 0 Å². The van der Waals surface area contributed by atoms with Crippen molar-refractivity contribution in [2.24, 2.45) is 5.92 Å². The molecule has 12 heteroatoms. The maximum absolute atomic E-state index is 14.9. The fraction of sp³-hybridized carbons (Fsp3) is 0.250. The molecule has 0 aromatic heterocycles. The molecule has 44 heavy (non-hydrogen) atoms. The van der Waals surface area contributed by atoms with Crippen molar-refractivity contribution in [3.63, 3.8) is 0 Å². The molecule has 0 saturated heterocycles. The second kappa shape index (κ2) is 13.3. The van der Waals surface area contributed by atoms with E-state index in [4.69, 9.17) is 4.74 Å². The summed E-state index contributed by atoms with van der Waals surface area (Å²) in [6.45, 7) is 4.16. The van der Waals surface area contributed by atoms with Crippen LogP contribution in [0.4, 0.5) is 43.9 Å². The highest BCUT2D eigenvalue weighted by atomic mass is 19.3. The largest absolute Gasteiger partial charge is 0.432 e. The lowest BCUT2D eigenvalue weighted by molar-refractivity contribution is -0.189. The standard InChI is InChI=1S/C32H24F10O2/c1-3-4-16(2)14-43-15-17-7-23(34)29(24(35)8-17)19-11-25(36)30(26(37)12-19)32(41,42)44-20-5-6-21(22(33)13-20)18-9-27(38)31(40)28(39)10-18/h5-13,16H,3-4,14-15H2,1-2H3. The molecule has 234 valence electrons. The van der Waals surface area contributed by atoms with Gasteiger partial charge in [-0.15, -0.1) is 0 Å². The second-order valence-electron chi connectivity index (χ2n) is 10.2. The lowest BCUT2D eigenvalue weighted by Crippen LogP contribution is -2.25. The third-order valence-corrected chi connectivity index (χ3v) is 6.66. The molecule has 1 atom stereocenters. The molecule has 0 aliphatic carbocycles. The number of hydrogen-bond donors (Lipinski definition) is 0. The van der Waals surface area contributed by atoms with Gasteiger partial charge in [0.2, 0.25) is 0 Å². The van der Waals surface area contributed by atoms with Gasteiger partial charge in [-0.25, -0.2) is 35.1 Å². The van der Waals surface area contributed by atoms with Crippen LogP contribution in [0.5, 0.6) is 5.75 Å². The maximum Gasteiger partial charge on any atom is 0.432 e. The molecular formula is C32H24F10O2. The molecule has 4 rings (SSSR count). The molecule has 0 aliphatic rings. The monoisotopic (exact) mass is 630 g/mol. The molecule has 0 bridgehead atoms. The fourth-order valence-corrected chi connectivity index (χ4v) is 4.64. The summed E-state index contributed by atoms with van der Waals surface area (Å²) < 4.78 is 154. The van der Waals surface area contributed by atoms with Crippen molar-refractivity contribution in [2.45, 2.75) is 39.4 Å². The summed E-state index contributed by atoms with van der Waals surface area (Å²) in [5.74, 6) is -13.4. The van der Waals surface area contributed by atoms with E-state index in [2.05, 4.69) is 4.74 Å². The zero-order valence-corrected chi connectivity index (χ0v) is 23.2. The number of alkyl halides is 2. The average molecular weight is 631 g/mol. The number of rotatable bonds is 11. The summed E-state index contributed by atoms with van der Waals surface area (Å²) in [4.78, 5) is 0. The smallest absolute Gasteiger partial charge is 0.429 e. The first-order chi connectivity index (χ1) is 20.7. The van der Waals surface area contributed by atoms with Crippen LogP contribution in [-0.4, -0.2) is 6.61 Å². The lowest BCUT2D eigenvalue weighted by Gasteiger charge is -2.20. The Labute approximate surface area is 245 Å². The van der Waals surface area contributed by atoms with Gasteiger partial charge in [0.05, 0.1) is 12.2 Å².